The molecule has 0 bridgehead atoms. The molecule has 0 heterocycles. The second kappa shape index (κ2) is 7.89. The van der Waals surface area contributed by atoms with Crippen LogP contribution in [0.1, 0.15) is 28.4 Å². The van der Waals surface area contributed by atoms with Gasteiger partial charge in [-0.25, -0.2) is 5.43 Å². The largest absolute Gasteiger partial charge is 0.343 e. The van der Waals surface area contributed by atoms with E-state index in [1.165, 1.54) is 0 Å². The first-order chi connectivity index (χ1) is 11.1. The number of aryl methyl sites for hydroxylation is 1. The van der Waals surface area contributed by atoms with Crippen molar-refractivity contribution in [3.8, 4) is 0 Å². The maximum absolute atomic E-state index is 11.8. The van der Waals surface area contributed by atoms with Crippen LogP contribution in [0.4, 0.5) is 0 Å². The summed E-state index contributed by atoms with van der Waals surface area (Å²) < 4.78 is 0. The maximum Gasteiger partial charge on any atom is 0.259 e. The molecular formula is C18H19N3O2. The van der Waals surface area contributed by atoms with Gasteiger partial charge in [-0.2, -0.15) is 5.10 Å². The van der Waals surface area contributed by atoms with Gasteiger partial charge in [0.2, 0.25) is 0 Å². The lowest BCUT2D eigenvalue weighted by molar-refractivity contribution is -0.120. The van der Waals surface area contributed by atoms with Crippen molar-refractivity contribution >= 4 is 17.5 Å². The molecule has 0 aliphatic heterocycles. The highest BCUT2D eigenvalue weighted by atomic mass is 16.2. The van der Waals surface area contributed by atoms with Crippen LogP contribution in [-0.2, 0) is 4.79 Å². The Morgan fingerprint density at radius 2 is 1.61 bits per heavy atom. The van der Waals surface area contributed by atoms with Crippen molar-refractivity contribution < 1.29 is 9.59 Å². The molecule has 0 unspecified atom stereocenters. The number of amides is 2. The number of benzene rings is 2. The second-order valence-electron chi connectivity index (χ2n) is 5.15. The van der Waals surface area contributed by atoms with Gasteiger partial charge >= 0.3 is 0 Å². The first-order valence-corrected chi connectivity index (χ1v) is 7.29. The molecule has 23 heavy (non-hydrogen) atoms. The van der Waals surface area contributed by atoms with Crippen LogP contribution in [0.3, 0.4) is 0 Å². The smallest absolute Gasteiger partial charge is 0.259 e. The molecule has 118 valence electrons. The summed E-state index contributed by atoms with van der Waals surface area (Å²) in [7, 11) is 0. The Kier molecular flexibility index (Phi) is 5.63. The van der Waals surface area contributed by atoms with Gasteiger partial charge in [0.25, 0.3) is 11.8 Å². The predicted octanol–water partition coefficient (Wildman–Crippen LogP) is 2.27. The number of hydrogen-bond acceptors (Lipinski definition) is 3. The molecule has 0 spiro atoms. The molecule has 2 aromatic rings. The first-order valence-electron chi connectivity index (χ1n) is 7.29. The van der Waals surface area contributed by atoms with Crippen molar-refractivity contribution in [2.75, 3.05) is 6.54 Å². The van der Waals surface area contributed by atoms with Crippen LogP contribution < -0.4 is 10.7 Å². The van der Waals surface area contributed by atoms with E-state index in [0.717, 1.165) is 11.1 Å². The van der Waals surface area contributed by atoms with E-state index in [1.807, 2.05) is 44.2 Å². The summed E-state index contributed by atoms with van der Waals surface area (Å²) in [4.78, 5) is 23.5. The molecule has 5 heteroatoms. The Morgan fingerprint density at radius 1 is 0.957 bits per heavy atom. The van der Waals surface area contributed by atoms with Gasteiger partial charge in [0.15, 0.2) is 0 Å². The number of carbonyl (C=O) groups is 2. The molecule has 0 saturated heterocycles. The molecular weight excluding hydrogens is 290 g/mol. The van der Waals surface area contributed by atoms with Crippen molar-refractivity contribution in [3.63, 3.8) is 0 Å². The van der Waals surface area contributed by atoms with E-state index in [4.69, 9.17) is 0 Å². The third kappa shape index (κ3) is 5.07. The van der Waals surface area contributed by atoms with Crippen LogP contribution in [0, 0.1) is 6.92 Å². The van der Waals surface area contributed by atoms with Gasteiger partial charge in [-0.05, 0) is 31.5 Å². The van der Waals surface area contributed by atoms with E-state index in [0.29, 0.717) is 11.3 Å². The third-order valence-electron chi connectivity index (χ3n) is 3.26. The van der Waals surface area contributed by atoms with Gasteiger partial charge in [0, 0.05) is 5.56 Å². The molecule has 2 rings (SSSR count). The van der Waals surface area contributed by atoms with Gasteiger partial charge in [-0.15, -0.1) is 0 Å². The normalized spacial score (nSPS) is 11.0. The summed E-state index contributed by atoms with van der Waals surface area (Å²) in [5, 5.41) is 6.59. The number of carbonyl (C=O) groups excluding carboxylic acids is 2. The van der Waals surface area contributed by atoms with Gasteiger partial charge in [0.05, 0.1) is 12.3 Å². The summed E-state index contributed by atoms with van der Waals surface area (Å²) in [5.74, 6) is -0.666. The topological polar surface area (TPSA) is 70.6 Å². The minimum absolute atomic E-state index is 0.127. The number of nitrogens with zero attached hydrogens (tertiary/aromatic N) is 1. The van der Waals surface area contributed by atoms with E-state index in [2.05, 4.69) is 15.8 Å². The second-order valence-corrected chi connectivity index (χ2v) is 5.15. The van der Waals surface area contributed by atoms with E-state index in [9.17, 15) is 9.59 Å². The Morgan fingerprint density at radius 3 is 2.26 bits per heavy atom. The van der Waals surface area contributed by atoms with Gasteiger partial charge in [0.1, 0.15) is 0 Å². The fraction of sp³-hybridized carbons (Fsp3) is 0.167. The minimum Gasteiger partial charge on any atom is -0.343 e. The molecule has 2 aromatic carbocycles. The monoisotopic (exact) mass is 309 g/mol. The standard InChI is InChI=1S/C18H19N3O2/c1-13-8-10-15(11-9-13)14(2)20-21-17(22)12-19-18(23)16-6-4-3-5-7-16/h3-11H,12H2,1-2H3,(H,19,23)(H,21,22)/b20-14+. The van der Waals surface area contributed by atoms with Crippen molar-refractivity contribution in [1.29, 1.82) is 0 Å². The molecule has 0 aromatic heterocycles. The van der Waals surface area contributed by atoms with Crippen LogP contribution >= 0.6 is 0 Å². The van der Waals surface area contributed by atoms with Crippen molar-refractivity contribution in [2.45, 2.75) is 13.8 Å². The fourth-order valence-electron chi connectivity index (χ4n) is 1.90. The Bertz CT molecular complexity index is 707. The zero-order chi connectivity index (χ0) is 16.7. The Hall–Kier alpha value is -2.95. The zero-order valence-corrected chi connectivity index (χ0v) is 13.2. The lowest BCUT2D eigenvalue weighted by Gasteiger charge is -2.05. The maximum atomic E-state index is 11.8. The minimum atomic E-state index is -0.374. The van der Waals surface area contributed by atoms with Crippen molar-refractivity contribution in [3.05, 3.63) is 71.3 Å². The highest BCUT2D eigenvalue weighted by Gasteiger charge is 2.07. The van der Waals surface area contributed by atoms with Gasteiger partial charge < -0.3 is 5.32 Å². The highest BCUT2D eigenvalue weighted by Crippen LogP contribution is 2.04. The van der Waals surface area contributed by atoms with Crippen LogP contribution in [0.15, 0.2) is 59.7 Å². The van der Waals surface area contributed by atoms with Crippen molar-refractivity contribution in [2.24, 2.45) is 5.10 Å². The van der Waals surface area contributed by atoms with E-state index >= 15 is 0 Å². The fourth-order valence-corrected chi connectivity index (χ4v) is 1.90. The molecule has 0 radical (unpaired) electrons. The summed E-state index contributed by atoms with van der Waals surface area (Å²) in [6.07, 6.45) is 0. The van der Waals surface area contributed by atoms with E-state index in [-0.39, 0.29) is 18.4 Å². The van der Waals surface area contributed by atoms with Gasteiger partial charge in [-0.1, -0.05) is 48.0 Å². The Balaban J connectivity index is 1.84. The Labute approximate surface area is 135 Å². The van der Waals surface area contributed by atoms with E-state index < -0.39 is 0 Å². The summed E-state index contributed by atoms with van der Waals surface area (Å²) >= 11 is 0. The SMILES string of the molecule is C/C(=N\NC(=O)CNC(=O)c1ccccc1)c1ccc(C)cc1. The van der Waals surface area contributed by atoms with Crippen LogP contribution in [0.25, 0.3) is 0 Å². The highest BCUT2D eigenvalue weighted by molar-refractivity contribution is 6.00. The molecule has 5 nitrogen and oxygen atoms in total. The lowest BCUT2D eigenvalue weighted by atomic mass is 10.1. The lowest BCUT2D eigenvalue weighted by Crippen LogP contribution is -2.35. The zero-order valence-electron chi connectivity index (χ0n) is 13.2. The number of rotatable bonds is 5. The number of hydrazone groups is 1. The molecule has 0 fully saturated rings. The first kappa shape index (κ1) is 16.4. The molecule has 0 aliphatic carbocycles. The van der Waals surface area contributed by atoms with Crippen LogP contribution in [0.2, 0.25) is 0 Å². The third-order valence-corrected chi connectivity index (χ3v) is 3.26. The molecule has 2 amide bonds. The molecule has 0 atom stereocenters. The average Bonchev–Trinajstić information content (AvgIpc) is 2.59. The molecule has 0 saturated carbocycles. The van der Waals surface area contributed by atoms with Crippen LogP contribution in [-0.4, -0.2) is 24.1 Å². The number of hydrogen-bond donors (Lipinski definition) is 2. The predicted molar refractivity (Wildman–Crippen MR) is 90.3 cm³/mol. The van der Waals surface area contributed by atoms with Gasteiger partial charge in [-0.3, -0.25) is 9.59 Å². The summed E-state index contributed by atoms with van der Waals surface area (Å²) in [6, 6.07) is 16.6. The molecule has 2 N–H and O–H groups in total. The summed E-state index contributed by atoms with van der Waals surface area (Å²) in [5.41, 5.74) is 5.75. The molecule has 0 aliphatic rings. The quantitative estimate of drug-likeness (QED) is 0.657. The van der Waals surface area contributed by atoms with Crippen LogP contribution in [0.5, 0.6) is 0 Å². The average molecular weight is 309 g/mol. The number of nitrogens with one attached hydrogen (secondary N) is 2. The summed E-state index contributed by atoms with van der Waals surface area (Å²) in [6.45, 7) is 3.69. The van der Waals surface area contributed by atoms with Crippen molar-refractivity contribution in [1.82, 2.24) is 10.7 Å². The van der Waals surface area contributed by atoms with E-state index in [1.54, 1.807) is 24.3 Å².